The molecular weight excluding hydrogens is 276 g/mol. The Balaban J connectivity index is 2.31. The summed E-state index contributed by atoms with van der Waals surface area (Å²) in [6, 6.07) is 7.31. The van der Waals surface area contributed by atoms with Gasteiger partial charge in [-0.15, -0.1) is 0 Å². The molecule has 1 aromatic carbocycles. The summed E-state index contributed by atoms with van der Waals surface area (Å²) in [6.07, 6.45) is 3.67. The van der Waals surface area contributed by atoms with Gasteiger partial charge in [-0.1, -0.05) is 11.6 Å². The van der Waals surface area contributed by atoms with Gasteiger partial charge in [0.05, 0.1) is 14.2 Å². The SMILES string of the molecule is COc1ccc(/C=C/c2nc(C)cc(Cl)n2)c(OC)c1. The van der Waals surface area contributed by atoms with Gasteiger partial charge in [0, 0.05) is 17.3 Å². The summed E-state index contributed by atoms with van der Waals surface area (Å²) in [6.45, 7) is 1.87. The fourth-order valence-corrected chi connectivity index (χ4v) is 1.99. The molecule has 0 aliphatic rings. The maximum absolute atomic E-state index is 5.90. The van der Waals surface area contributed by atoms with Crippen molar-refractivity contribution in [1.82, 2.24) is 9.97 Å². The normalized spacial score (nSPS) is 10.8. The first-order valence-electron chi connectivity index (χ1n) is 6.03. The summed E-state index contributed by atoms with van der Waals surface area (Å²) in [5.41, 5.74) is 1.74. The molecule has 0 amide bonds. The molecule has 0 spiro atoms. The zero-order valence-corrected chi connectivity index (χ0v) is 12.3. The Labute approximate surface area is 123 Å². The molecule has 0 N–H and O–H groups in total. The van der Waals surface area contributed by atoms with Crippen molar-refractivity contribution in [3.8, 4) is 11.5 Å². The van der Waals surface area contributed by atoms with Crippen LogP contribution in [-0.4, -0.2) is 24.2 Å². The quantitative estimate of drug-likeness (QED) is 0.807. The van der Waals surface area contributed by atoms with E-state index in [1.165, 1.54) is 0 Å². The van der Waals surface area contributed by atoms with Gasteiger partial charge in [-0.25, -0.2) is 9.97 Å². The summed E-state index contributed by atoms with van der Waals surface area (Å²) in [4.78, 5) is 8.43. The zero-order chi connectivity index (χ0) is 14.5. The van der Waals surface area contributed by atoms with Crippen molar-refractivity contribution in [2.24, 2.45) is 0 Å². The minimum absolute atomic E-state index is 0.429. The van der Waals surface area contributed by atoms with Crippen molar-refractivity contribution in [3.05, 3.63) is 46.5 Å². The van der Waals surface area contributed by atoms with Crippen LogP contribution in [-0.2, 0) is 0 Å². The zero-order valence-electron chi connectivity index (χ0n) is 11.6. The number of benzene rings is 1. The lowest BCUT2D eigenvalue weighted by Gasteiger charge is -2.07. The lowest BCUT2D eigenvalue weighted by Crippen LogP contribution is -1.92. The van der Waals surface area contributed by atoms with Crippen LogP contribution in [0.15, 0.2) is 24.3 Å². The summed E-state index contributed by atoms with van der Waals surface area (Å²) in [7, 11) is 3.24. The first kappa shape index (κ1) is 14.3. The lowest BCUT2D eigenvalue weighted by atomic mass is 10.1. The monoisotopic (exact) mass is 290 g/mol. The Bertz CT molecular complexity index is 622. The van der Waals surface area contributed by atoms with E-state index in [0.29, 0.717) is 11.0 Å². The molecule has 1 heterocycles. The van der Waals surface area contributed by atoms with Gasteiger partial charge in [0.2, 0.25) is 0 Å². The van der Waals surface area contributed by atoms with Crippen LogP contribution in [0.1, 0.15) is 17.1 Å². The predicted molar refractivity (Wildman–Crippen MR) is 80.3 cm³/mol. The van der Waals surface area contributed by atoms with Gasteiger partial charge < -0.3 is 9.47 Å². The van der Waals surface area contributed by atoms with Gasteiger partial charge in [-0.2, -0.15) is 0 Å². The third kappa shape index (κ3) is 3.48. The number of hydrogen-bond donors (Lipinski definition) is 0. The maximum atomic E-state index is 5.90. The summed E-state index contributed by atoms with van der Waals surface area (Å²) in [5, 5.41) is 0.429. The second-order valence-corrected chi connectivity index (χ2v) is 4.52. The predicted octanol–water partition coefficient (Wildman–Crippen LogP) is 3.63. The van der Waals surface area contributed by atoms with Crippen LogP contribution in [0.2, 0.25) is 5.15 Å². The average Bonchev–Trinajstić information content (AvgIpc) is 2.44. The second-order valence-electron chi connectivity index (χ2n) is 4.13. The number of nitrogens with zero attached hydrogens (tertiary/aromatic N) is 2. The molecule has 0 aliphatic heterocycles. The van der Waals surface area contributed by atoms with Gasteiger partial charge in [-0.3, -0.25) is 0 Å². The number of rotatable bonds is 4. The third-order valence-corrected chi connectivity index (χ3v) is 2.89. The fourth-order valence-electron chi connectivity index (χ4n) is 1.75. The molecule has 0 bridgehead atoms. The van der Waals surface area contributed by atoms with E-state index in [1.54, 1.807) is 26.4 Å². The van der Waals surface area contributed by atoms with Gasteiger partial charge in [0.15, 0.2) is 5.82 Å². The third-order valence-electron chi connectivity index (χ3n) is 2.69. The van der Waals surface area contributed by atoms with Crippen molar-refractivity contribution < 1.29 is 9.47 Å². The second kappa shape index (κ2) is 6.39. The van der Waals surface area contributed by atoms with Crippen molar-refractivity contribution in [2.75, 3.05) is 14.2 Å². The molecule has 20 heavy (non-hydrogen) atoms. The Kier molecular flexibility index (Phi) is 4.58. The lowest BCUT2D eigenvalue weighted by molar-refractivity contribution is 0.394. The van der Waals surface area contributed by atoms with Crippen LogP contribution in [0, 0.1) is 6.92 Å². The minimum Gasteiger partial charge on any atom is -0.497 e. The Morgan fingerprint density at radius 2 is 1.85 bits per heavy atom. The maximum Gasteiger partial charge on any atom is 0.153 e. The summed E-state index contributed by atoms with van der Waals surface area (Å²) in [5.74, 6) is 2.03. The van der Waals surface area contributed by atoms with Crippen molar-refractivity contribution in [3.63, 3.8) is 0 Å². The van der Waals surface area contributed by atoms with E-state index >= 15 is 0 Å². The standard InChI is InChI=1S/C15H15ClN2O2/c1-10-8-14(16)18-15(17-10)7-5-11-4-6-12(19-2)9-13(11)20-3/h4-9H,1-3H3/b7-5+. The van der Waals surface area contributed by atoms with E-state index in [2.05, 4.69) is 9.97 Å². The molecule has 0 atom stereocenters. The summed E-state index contributed by atoms with van der Waals surface area (Å²) >= 11 is 5.90. The van der Waals surface area contributed by atoms with E-state index in [4.69, 9.17) is 21.1 Å². The molecule has 2 rings (SSSR count). The van der Waals surface area contributed by atoms with Crippen molar-refractivity contribution >= 4 is 23.8 Å². The van der Waals surface area contributed by atoms with Crippen LogP contribution >= 0.6 is 11.6 Å². The molecule has 4 nitrogen and oxygen atoms in total. The Morgan fingerprint density at radius 1 is 1.05 bits per heavy atom. The highest BCUT2D eigenvalue weighted by Gasteiger charge is 2.03. The molecule has 1 aromatic heterocycles. The van der Waals surface area contributed by atoms with Gasteiger partial charge >= 0.3 is 0 Å². The molecule has 0 saturated heterocycles. The topological polar surface area (TPSA) is 44.2 Å². The number of methoxy groups -OCH3 is 2. The number of ether oxygens (including phenoxy) is 2. The fraction of sp³-hybridized carbons (Fsp3) is 0.200. The molecule has 0 saturated carbocycles. The molecule has 0 fully saturated rings. The minimum atomic E-state index is 0.429. The van der Waals surface area contributed by atoms with Crippen molar-refractivity contribution in [1.29, 1.82) is 0 Å². The molecular formula is C15H15ClN2O2. The van der Waals surface area contributed by atoms with Crippen LogP contribution in [0.3, 0.4) is 0 Å². The van der Waals surface area contributed by atoms with E-state index in [-0.39, 0.29) is 0 Å². The molecule has 0 aliphatic carbocycles. The largest absolute Gasteiger partial charge is 0.497 e. The van der Waals surface area contributed by atoms with Gasteiger partial charge in [-0.05, 0) is 37.3 Å². The smallest absolute Gasteiger partial charge is 0.153 e. The van der Waals surface area contributed by atoms with Crippen molar-refractivity contribution in [2.45, 2.75) is 6.92 Å². The highest BCUT2D eigenvalue weighted by Crippen LogP contribution is 2.26. The molecule has 104 valence electrons. The van der Waals surface area contributed by atoms with E-state index < -0.39 is 0 Å². The van der Waals surface area contributed by atoms with E-state index in [9.17, 15) is 0 Å². The van der Waals surface area contributed by atoms with Crippen LogP contribution in [0.25, 0.3) is 12.2 Å². The van der Waals surface area contributed by atoms with Gasteiger partial charge in [0.1, 0.15) is 16.7 Å². The number of hydrogen-bond acceptors (Lipinski definition) is 4. The van der Waals surface area contributed by atoms with Crippen LogP contribution in [0.5, 0.6) is 11.5 Å². The highest BCUT2D eigenvalue weighted by molar-refractivity contribution is 6.29. The summed E-state index contributed by atoms with van der Waals surface area (Å²) < 4.78 is 10.5. The first-order chi connectivity index (χ1) is 9.62. The molecule has 0 unspecified atom stereocenters. The van der Waals surface area contributed by atoms with Crippen LogP contribution < -0.4 is 9.47 Å². The number of halogens is 1. The number of aromatic nitrogens is 2. The average molecular weight is 291 g/mol. The highest BCUT2D eigenvalue weighted by atomic mass is 35.5. The van der Waals surface area contributed by atoms with Crippen LogP contribution in [0.4, 0.5) is 0 Å². The number of aryl methyl sites for hydroxylation is 1. The molecule has 5 heteroatoms. The molecule has 0 radical (unpaired) electrons. The Morgan fingerprint density at radius 3 is 2.50 bits per heavy atom. The van der Waals surface area contributed by atoms with E-state index in [0.717, 1.165) is 22.8 Å². The van der Waals surface area contributed by atoms with Gasteiger partial charge in [0.25, 0.3) is 0 Å². The molecule has 2 aromatic rings. The first-order valence-corrected chi connectivity index (χ1v) is 6.41. The van der Waals surface area contributed by atoms with E-state index in [1.807, 2.05) is 31.2 Å². The Hall–Kier alpha value is -2.07.